The lowest BCUT2D eigenvalue weighted by atomic mass is 10.2. The van der Waals surface area contributed by atoms with Gasteiger partial charge in [-0.2, -0.15) is 4.98 Å². The molecule has 19 heavy (non-hydrogen) atoms. The summed E-state index contributed by atoms with van der Waals surface area (Å²) in [6, 6.07) is 0. The number of rotatable bonds is 6. The molecule has 2 N–H and O–H groups in total. The van der Waals surface area contributed by atoms with E-state index >= 15 is 0 Å². The highest BCUT2D eigenvalue weighted by Crippen LogP contribution is 2.21. The van der Waals surface area contributed by atoms with Crippen molar-refractivity contribution in [3.63, 3.8) is 0 Å². The number of aromatic amines is 1. The van der Waals surface area contributed by atoms with Crippen LogP contribution < -0.4 is 5.69 Å². The first-order valence-corrected chi connectivity index (χ1v) is 8.25. The zero-order chi connectivity index (χ0) is 14.6. The highest BCUT2D eigenvalue weighted by Gasteiger charge is 2.17. The summed E-state index contributed by atoms with van der Waals surface area (Å²) in [6.07, 6.45) is 0. The van der Waals surface area contributed by atoms with Gasteiger partial charge in [0.2, 0.25) is 0 Å². The molecule has 9 heteroatoms. The van der Waals surface area contributed by atoms with E-state index in [-0.39, 0.29) is 33.5 Å². The predicted octanol–water partition coefficient (Wildman–Crippen LogP) is 0.303. The summed E-state index contributed by atoms with van der Waals surface area (Å²) in [5, 5.41) is 9.09. The van der Waals surface area contributed by atoms with Gasteiger partial charge in [0.25, 0.3) is 0 Å². The topological polar surface area (TPSA) is 117 Å². The van der Waals surface area contributed by atoms with Gasteiger partial charge in [0.1, 0.15) is 10.6 Å². The van der Waals surface area contributed by atoms with Crippen molar-refractivity contribution in [3.8, 4) is 0 Å². The normalized spacial score (nSPS) is 11.5. The molecule has 0 radical (unpaired) electrons. The molecule has 0 bridgehead atoms. The molecule has 0 spiro atoms. The Kier molecular flexibility index (Phi) is 5.12. The maximum Gasteiger partial charge on any atom is 0.346 e. The number of carboxylic acids is 1. The van der Waals surface area contributed by atoms with E-state index in [0.717, 1.165) is 11.8 Å². The Labute approximate surface area is 114 Å². The second kappa shape index (κ2) is 6.20. The van der Waals surface area contributed by atoms with Crippen LogP contribution in [0.25, 0.3) is 0 Å². The van der Waals surface area contributed by atoms with Crippen molar-refractivity contribution in [1.29, 1.82) is 0 Å². The number of H-pyrrole nitrogens is 1. The number of hydrogen-bond donors (Lipinski definition) is 2. The minimum absolute atomic E-state index is 0.0289. The summed E-state index contributed by atoms with van der Waals surface area (Å²) in [5.41, 5.74) is -0.546. The number of sulfone groups is 1. The summed E-state index contributed by atoms with van der Waals surface area (Å²) in [7, 11) is -3.12. The third-order valence-corrected chi connectivity index (χ3v) is 5.31. The lowest BCUT2D eigenvalue weighted by molar-refractivity contribution is 0.0690. The van der Waals surface area contributed by atoms with E-state index in [0.29, 0.717) is 0 Å². The molecule has 0 aliphatic carbocycles. The van der Waals surface area contributed by atoms with Crippen LogP contribution in [0.2, 0.25) is 0 Å². The molecule has 0 amide bonds. The number of nitrogens with zero attached hydrogens (tertiary/aromatic N) is 1. The van der Waals surface area contributed by atoms with E-state index < -0.39 is 21.5 Å². The number of carbonyl (C=O) groups is 1. The summed E-state index contributed by atoms with van der Waals surface area (Å²) in [6.45, 7) is 3.00. The molecule has 7 nitrogen and oxygen atoms in total. The zero-order valence-corrected chi connectivity index (χ0v) is 12.1. The van der Waals surface area contributed by atoms with E-state index in [2.05, 4.69) is 9.97 Å². The van der Waals surface area contributed by atoms with Gasteiger partial charge >= 0.3 is 11.7 Å². The van der Waals surface area contributed by atoms with Gasteiger partial charge in [-0.05, 0) is 6.92 Å². The predicted molar refractivity (Wildman–Crippen MR) is 71.6 cm³/mol. The number of hydrogen-bond acceptors (Lipinski definition) is 6. The van der Waals surface area contributed by atoms with Gasteiger partial charge in [-0.25, -0.2) is 18.0 Å². The molecule has 106 valence electrons. The fourth-order valence-corrected chi connectivity index (χ4v) is 3.69. The highest BCUT2D eigenvalue weighted by atomic mass is 32.2. The molecule has 0 fully saturated rings. The van der Waals surface area contributed by atoms with Crippen molar-refractivity contribution in [2.24, 2.45) is 0 Å². The standard InChI is InChI=1S/C10H14N2O5S2/c1-3-19(16,17)5-4-18-8-7(9(13)14)6(2)11-10(15)12-8/h3-5H2,1-2H3,(H,13,14)(H,11,12,15). The van der Waals surface area contributed by atoms with Gasteiger partial charge in [-0.1, -0.05) is 6.92 Å². The fourth-order valence-electron chi connectivity index (χ4n) is 1.33. The summed E-state index contributed by atoms with van der Waals surface area (Å²) in [4.78, 5) is 28.2. The van der Waals surface area contributed by atoms with Crippen molar-refractivity contribution in [2.75, 3.05) is 17.3 Å². The van der Waals surface area contributed by atoms with Crippen LogP contribution in [0.3, 0.4) is 0 Å². The van der Waals surface area contributed by atoms with E-state index in [1.165, 1.54) is 13.8 Å². The lowest BCUT2D eigenvalue weighted by Crippen LogP contribution is -2.19. The van der Waals surface area contributed by atoms with Gasteiger partial charge in [0, 0.05) is 17.2 Å². The molecule has 0 aliphatic rings. The van der Waals surface area contributed by atoms with Gasteiger partial charge in [0.05, 0.1) is 5.75 Å². The smallest absolute Gasteiger partial charge is 0.346 e. The quantitative estimate of drug-likeness (QED) is 0.573. The molecule has 1 rings (SSSR count). The van der Waals surface area contributed by atoms with Gasteiger partial charge in [0.15, 0.2) is 9.84 Å². The molecule has 0 saturated heterocycles. The molecule has 1 heterocycles. The molecule has 1 aromatic rings. The molecule has 0 atom stereocenters. The first-order valence-electron chi connectivity index (χ1n) is 5.44. The van der Waals surface area contributed by atoms with Crippen LogP contribution in [0.15, 0.2) is 9.82 Å². The first kappa shape index (κ1) is 15.7. The number of thioether (sulfide) groups is 1. The van der Waals surface area contributed by atoms with E-state index in [1.807, 2.05) is 0 Å². The number of aromatic nitrogens is 2. The molecule has 0 aromatic carbocycles. The average Bonchev–Trinajstić information content (AvgIpc) is 2.27. The highest BCUT2D eigenvalue weighted by molar-refractivity contribution is 8.00. The first-order chi connectivity index (χ1) is 8.76. The van der Waals surface area contributed by atoms with Crippen LogP contribution in [0, 0.1) is 6.92 Å². The van der Waals surface area contributed by atoms with Gasteiger partial charge in [-0.15, -0.1) is 11.8 Å². The number of nitrogens with one attached hydrogen (secondary N) is 1. The van der Waals surface area contributed by atoms with Crippen LogP contribution in [0.4, 0.5) is 0 Å². The van der Waals surface area contributed by atoms with Gasteiger partial charge < -0.3 is 10.1 Å². The summed E-state index contributed by atoms with van der Waals surface area (Å²) >= 11 is 0.955. The second-order valence-electron chi connectivity index (χ2n) is 3.74. The summed E-state index contributed by atoms with van der Waals surface area (Å²) in [5.74, 6) is -1.10. The Hall–Kier alpha value is -1.35. The lowest BCUT2D eigenvalue weighted by Gasteiger charge is -2.06. The van der Waals surface area contributed by atoms with Crippen LogP contribution in [0.1, 0.15) is 23.0 Å². The maximum absolute atomic E-state index is 11.3. The Morgan fingerprint density at radius 3 is 2.63 bits per heavy atom. The van der Waals surface area contributed by atoms with E-state index in [4.69, 9.17) is 5.11 Å². The minimum atomic E-state index is -3.12. The molecule has 1 aromatic heterocycles. The van der Waals surface area contributed by atoms with Crippen molar-refractivity contribution in [2.45, 2.75) is 18.9 Å². The largest absolute Gasteiger partial charge is 0.478 e. The number of aryl methyl sites for hydroxylation is 1. The average molecular weight is 306 g/mol. The van der Waals surface area contributed by atoms with Crippen molar-refractivity contribution < 1.29 is 18.3 Å². The monoisotopic (exact) mass is 306 g/mol. The SMILES string of the molecule is CCS(=O)(=O)CCSc1nc(=O)[nH]c(C)c1C(=O)O. The van der Waals surface area contributed by atoms with Crippen LogP contribution in [-0.4, -0.2) is 46.7 Å². The third kappa shape index (κ3) is 4.35. The van der Waals surface area contributed by atoms with Crippen molar-refractivity contribution in [1.82, 2.24) is 9.97 Å². The van der Waals surface area contributed by atoms with Crippen molar-refractivity contribution in [3.05, 3.63) is 21.7 Å². The minimum Gasteiger partial charge on any atom is -0.478 e. The van der Waals surface area contributed by atoms with Crippen molar-refractivity contribution >= 4 is 27.6 Å². The molecule has 0 saturated carbocycles. The van der Waals surface area contributed by atoms with Crippen LogP contribution in [0.5, 0.6) is 0 Å². The summed E-state index contributed by atoms with van der Waals surface area (Å²) < 4.78 is 22.6. The van der Waals surface area contributed by atoms with Crippen LogP contribution in [-0.2, 0) is 9.84 Å². The maximum atomic E-state index is 11.3. The Bertz CT molecular complexity index is 636. The zero-order valence-electron chi connectivity index (χ0n) is 10.5. The molecule has 0 unspecified atom stereocenters. The van der Waals surface area contributed by atoms with E-state index in [9.17, 15) is 18.0 Å². The fraction of sp³-hybridized carbons (Fsp3) is 0.500. The Morgan fingerprint density at radius 2 is 2.11 bits per heavy atom. The molecular formula is C10H14N2O5S2. The van der Waals surface area contributed by atoms with Crippen LogP contribution >= 0.6 is 11.8 Å². The van der Waals surface area contributed by atoms with Gasteiger partial charge in [-0.3, -0.25) is 0 Å². The third-order valence-electron chi connectivity index (χ3n) is 2.37. The Balaban J connectivity index is 2.95. The number of aromatic carboxylic acids is 1. The second-order valence-corrected chi connectivity index (χ2v) is 7.29. The Morgan fingerprint density at radius 1 is 1.47 bits per heavy atom. The van der Waals surface area contributed by atoms with E-state index in [1.54, 1.807) is 0 Å². The number of carboxylic acid groups (broad SMARTS) is 1. The molecule has 0 aliphatic heterocycles. The molecular weight excluding hydrogens is 292 g/mol.